The molecule has 0 aromatic heterocycles. The number of ether oxygens (including phenoxy) is 1. The Morgan fingerprint density at radius 3 is 2.91 bits per heavy atom. The number of fused-ring (bicyclic) bond motifs is 1. The minimum atomic E-state index is -0.298. The number of carbonyl (C=O) groups is 1. The summed E-state index contributed by atoms with van der Waals surface area (Å²) in [5.74, 6) is -0.298. The lowest BCUT2D eigenvalue weighted by Gasteiger charge is -2.28. The van der Waals surface area contributed by atoms with Gasteiger partial charge in [-0.2, -0.15) is 0 Å². The lowest BCUT2D eigenvalue weighted by Crippen LogP contribution is -2.24. The zero-order valence-corrected chi connectivity index (χ0v) is 13.6. The van der Waals surface area contributed by atoms with E-state index in [1.54, 1.807) is 6.07 Å². The van der Waals surface area contributed by atoms with Crippen molar-refractivity contribution in [2.45, 2.75) is 19.8 Å². The Bertz CT molecular complexity index is 712. The summed E-state index contributed by atoms with van der Waals surface area (Å²) in [7, 11) is 2.13. The van der Waals surface area contributed by atoms with Crippen LogP contribution in [-0.4, -0.2) is 26.2 Å². The van der Waals surface area contributed by atoms with Crippen molar-refractivity contribution in [3.05, 3.63) is 53.6 Å². The highest BCUT2D eigenvalue weighted by atomic mass is 16.5. The van der Waals surface area contributed by atoms with E-state index < -0.39 is 0 Å². The van der Waals surface area contributed by atoms with Crippen LogP contribution in [0.4, 0.5) is 17.1 Å². The molecule has 3 rings (SSSR count). The van der Waals surface area contributed by atoms with Crippen LogP contribution in [0.25, 0.3) is 0 Å². The standard InChI is InChI=1S/C19H22N2O2/c1-3-23-19(22)16-8-4-5-9-17(16)20-15-10-11-18-14(13-15)7-6-12-21(18)2/h4-5,8-11,13,20H,3,6-7,12H2,1-2H3. The summed E-state index contributed by atoms with van der Waals surface area (Å²) in [6.45, 7) is 3.29. The van der Waals surface area contributed by atoms with Gasteiger partial charge in [-0.05, 0) is 55.7 Å². The third-order valence-corrected chi connectivity index (χ3v) is 4.13. The zero-order chi connectivity index (χ0) is 16.2. The summed E-state index contributed by atoms with van der Waals surface area (Å²) >= 11 is 0. The van der Waals surface area contributed by atoms with Gasteiger partial charge in [0, 0.05) is 25.0 Å². The minimum absolute atomic E-state index is 0.298. The summed E-state index contributed by atoms with van der Waals surface area (Å²) < 4.78 is 5.13. The number of aryl methyl sites for hydroxylation is 1. The molecule has 0 radical (unpaired) electrons. The molecule has 4 nitrogen and oxygen atoms in total. The van der Waals surface area contributed by atoms with Gasteiger partial charge < -0.3 is 15.0 Å². The molecular weight excluding hydrogens is 288 g/mol. The van der Waals surface area contributed by atoms with Crippen LogP contribution in [0.15, 0.2) is 42.5 Å². The van der Waals surface area contributed by atoms with Crippen molar-refractivity contribution in [2.24, 2.45) is 0 Å². The maximum absolute atomic E-state index is 12.1. The molecule has 0 saturated carbocycles. The van der Waals surface area contributed by atoms with Gasteiger partial charge in [-0.25, -0.2) is 4.79 Å². The van der Waals surface area contributed by atoms with Crippen molar-refractivity contribution < 1.29 is 9.53 Å². The van der Waals surface area contributed by atoms with Crippen LogP contribution in [0.3, 0.4) is 0 Å². The first-order valence-electron chi connectivity index (χ1n) is 8.06. The van der Waals surface area contributed by atoms with E-state index in [4.69, 9.17) is 4.74 Å². The van der Waals surface area contributed by atoms with Gasteiger partial charge in [0.25, 0.3) is 0 Å². The highest BCUT2D eigenvalue weighted by Gasteiger charge is 2.15. The van der Waals surface area contributed by atoms with Gasteiger partial charge in [-0.3, -0.25) is 0 Å². The van der Waals surface area contributed by atoms with Gasteiger partial charge in [-0.1, -0.05) is 12.1 Å². The Labute approximate surface area is 137 Å². The van der Waals surface area contributed by atoms with Crippen molar-refractivity contribution in [3.63, 3.8) is 0 Å². The molecule has 0 bridgehead atoms. The fraction of sp³-hybridized carbons (Fsp3) is 0.316. The molecule has 0 unspecified atom stereocenters. The van der Waals surface area contributed by atoms with E-state index in [-0.39, 0.29) is 5.97 Å². The van der Waals surface area contributed by atoms with E-state index >= 15 is 0 Å². The number of hydrogen-bond acceptors (Lipinski definition) is 4. The molecule has 1 N–H and O–H groups in total. The largest absolute Gasteiger partial charge is 0.462 e. The number of rotatable bonds is 4. The second kappa shape index (κ2) is 6.73. The molecule has 0 amide bonds. The Kier molecular flexibility index (Phi) is 4.51. The Morgan fingerprint density at radius 2 is 2.09 bits per heavy atom. The number of nitrogens with zero attached hydrogens (tertiary/aromatic N) is 1. The van der Waals surface area contributed by atoms with Gasteiger partial charge in [0.2, 0.25) is 0 Å². The Hall–Kier alpha value is -2.49. The van der Waals surface area contributed by atoms with Gasteiger partial charge in [0.05, 0.1) is 17.9 Å². The fourth-order valence-corrected chi connectivity index (χ4v) is 3.00. The molecule has 1 aliphatic rings. The molecule has 120 valence electrons. The highest BCUT2D eigenvalue weighted by Crippen LogP contribution is 2.30. The van der Waals surface area contributed by atoms with E-state index in [0.717, 1.165) is 24.3 Å². The molecule has 0 fully saturated rings. The monoisotopic (exact) mass is 310 g/mol. The number of nitrogens with one attached hydrogen (secondary N) is 1. The Balaban J connectivity index is 1.87. The first-order chi connectivity index (χ1) is 11.2. The molecule has 2 aromatic carbocycles. The smallest absolute Gasteiger partial charge is 0.340 e. The molecule has 0 saturated heterocycles. The second-order valence-electron chi connectivity index (χ2n) is 5.76. The van der Waals surface area contributed by atoms with Gasteiger partial charge in [0.1, 0.15) is 0 Å². The van der Waals surface area contributed by atoms with Crippen molar-refractivity contribution in [2.75, 3.05) is 30.4 Å². The summed E-state index contributed by atoms with van der Waals surface area (Å²) in [5.41, 5.74) is 4.97. The average molecular weight is 310 g/mol. The number of hydrogen-bond donors (Lipinski definition) is 1. The molecule has 1 aliphatic heterocycles. The van der Waals surface area contributed by atoms with E-state index in [1.807, 2.05) is 25.1 Å². The molecule has 0 aliphatic carbocycles. The van der Waals surface area contributed by atoms with Crippen molar-refractivity contribution in [3.8, 4) is 0 Å². The van der Waals surface area contributed by atoms with Crippen molar-refractivity contribution in [1.29, 1.82) is 0 Å². The third kappa shape index (κ3) is 3.31. The maximum atomic E-state index is 12.1. The maximum Gasteiger partial charge on any atom is 0.340 e. The molecule has 0 atom stereocenters. The summed E-state index contributed by atoms with van der Waals surface area (Å²) in [4.78, 5) is 14.3. The summed E-state index contributed by atoms with van der Waals surface area (Å²) in [6.07, 6.45) is 2.26. The first kappa shape index (κ1) is 15.4. The zero-order valence-electron chi connectivity index (χ0n) is 13.6. The van der Waals surface area contributed by atoms with Crippen LogP contribution in [0.5, 0.6) is 0 Å². The van der Waals surface area contributed by atoms with Gasteiger partial charge in [-0.15, -0.1) is 0 Å². The van der Waals surface area contributed by atoms with Gasteiger partial charge in [0.15, 0.2) is 0 Å². The third-order valence-electron chi connectivity index (χ3n) is 4.13. The molecule has 0 spiro atoms. The van der Waals surface area contributed by atoms with E-state index in [1.165, 1.54) is 17.7 Å². The molecule has 23 heavy (non-hydrogen) atoms. The van der Waals surface area contributed by atoms with E-state index in [0.29, 0.717) is 12.2 Å². The van der Waals surface area contributed by atoms with Crippen molar-refractivity contribution >= 4 is 23.0 Å². The van der Waals surface area contributed by atoms with Crippen LogP contribution in [0, 0.1) is 0 Å². The van der Waals surface area contributed by atoms with Crippen LogP contribution < -0.4 is 10.2 Å². The molecule has 4 heteroatoms. The fourth-order valence-electron chi connectivity index (χ4n) is 3.00. The average Bonchev–Trinajstić information content (AvgIpc) is 2.56. The van der Waals surface area contributed by atoms with Crippen molar-refractivity contribution in [1.82, 2.24) is 0 Å². The first-order valence-corrected chi connectivity index (χ1v) is 8.06. The number of carbonyl (C=O) groups excluding carboxylic acids is 1. The normalized spacial score (nSPS) is 13.4. The lowest BCUT2D eigenvalue weighted by molar-refractivity contribution is 0.0527. The van der Waals surface area contributed by atoms with Crippen LogP contribution in [-0.2, 0) is 11.2 Å². The van der Waals surface area contributed by atoms with Crippen LogP contribution >= 0.6 is 0 Å². The lowest BCUT2D eigenvalue weighted by atomic mass is 10.0. The topological polar surface area (TPSA) is 41.6 Å². The van der Waals surface area contributed by atoms with Crippen LogP contribution in [0.1, 0.15) is 29.3 Å². The number of anilines is 3. The second-order valence-corrected chi connectivity index (χ2v) is 5.76. The van der Waals surface area contributed by atoms with Crippen LogP contribution in [0.2, 0.25) is 0 Å². The SMILES string of the molecule is CCOC(=O)c1ccccc1Nc1ccc2c(c1)CCCN2C. The summed E-state index contributed by atoms with van der Waals surface area (Å²) in [5, 5.41) is 3.36. The minimum Gasteiger partial charge on any atom is -0.462 e. The predicted molar refractivity (Wildman–Crippen MR) is 93.7 cm³/mol. The van der Waals surface area contributed by atoms with Gasteiger partial charge >= 0.3 is 5.97 Å². The Morgan fingerprint density at radius 1 is 1.26 bits per heavy atom. The van der Waals surface area contributed by atoms with E-state index in [2.05, 4.69) is 35.5 Å². The number of esters is 1. The summed E-state index contributed by atoms with van der Waals surface area (Å²) in [6, 6.07) is 13.8. The molecule has 1 heterocycles. The predicted octanol–water partition coefficient (Wildman–Crippen LogP) is 3.99. The highest BCUT2D eigenvalue weighted by molar-refractivity contribution is 5.96. The molecule has 2 aromatic rings. The quantitative estimate of drug-likeness (QED) is 0.867. The van der Waals surface area contributed by atoms with E-state index in [9.17, 15) is 4.79 Å². The number of para-hydroxylation sites is 1. The molecular formula is C19H22N2O2. The number of benzene rings is 2.